The molecule has 0 fully saturated rings. The van der Waals surface area contributed by atoms with Crippen LogP contribution in [0.3, 0.4) is 0 Å². The van der Waals surface area contributed by atoms with Crippen LogP contribution in [-0.4, -0.2) is 36.6 Å². The van der Waals surface area contributed by atoms with E-state index >= 15 is 0 Å². The summed E-state index contributed by atoms with van der Waals surface area (Å²) in [6.45, 7) is 2.77. The van der Waals surface area contributed by atoms with Crippen LogP contribution in [0.1, 0.15) is 37.8 Å². The summed E-state index contributed by atoms with van der Waals surface area (Å²) >= 11 is 11.9. The molecule has 2 aliphatic rings. The van der Waals surface area contributed by atoms with Gasteiger partial charge in [-0.3, -0.25) is 4.79 Å². The van der Waals surface area contributed by atoms with Crippen LogP contribution in [0.15, 0.2) is 23.4 Å². The Bertz CT molecular complexity index is 763. The molecule has 1 unspecified atom stereocenters. The van der Waals surface area contributed by atoms with Gasteiger partial charge in [0.25, 0.3) is 0 Å². The largest absolute Gasteiger partial charge is 0.493 e. The highest BCUT2D eigenvalue weighted by molar-refractivity contribution is 7.80. The van der Waals surface area contributed by atoms with Gasteiger partial charge in [0.1, 0.15) is 0 Å². The predicted octanol–water partition coefficient (Wildman–Crippen LogP) is 3.62. The van der Waals surface area contributed by atoms with Crippen molar-refractivity contribution >= 4 is 34.7 Å². The molecule has 1 aromatic rings. The summed E-state index contributed by atoms with van der Waals surface area (Å²) in [4.78, 5) is 14.7. The minimum absolute atomic E-state index is 0.158. The first-order valence-electron chi connectivity index (χ1n) is 8.27. The molecule has 7 heteroatoms. The first kappa shape index (κ1) is 18.0. The van der Waals surface area contributed by atoms with Crippen molar-refractivity contribution in [3.63, 3.8) is 0 Å². The van der Waals surface area contributed by atoms with E-state index in [0.29, 0.717) is 28.1 Å². The molecule has 25 heavy (non-hydrogen) atoms. The molecule has 0 saturated heterocycles. The number of carbonyl (C=O) groups is 1. The molecule has 134 valence electrons. The average molecular weight is 381 g/mol. The van der Waals surface area contributed by atoms with Gasteiger partial charge in [-0.25, -0.2) is 0 Å². The Morgan fingerprint density at radius 3 is 2.72 bits per heavy atom. The monoisotopic (exact) mass is 380 g/mol. The van der Waals surface area contributed by atoms with Crippen molar-refractivity contribution in [3.8, 4) is 11.5 Å². The van der Waals surface area contributed by atoms with Crippen LogP contribution in [-0.2, 0) is 4.79 Å². The van der Waals surface area contributed by atoms with Crippen LogP contribution in [0.25, 0.3) is 0 Å². The predicted molar refractivity (Wildman–Crippen MR) is 101 cm³/mol. The highest BCUT2D eigenvalue weighted by Gasteiger charge is 2.37. The second-order valence-corrected chi connectivity index (χ2v) is 6.80. The fourth-order valence-corrected chi connectivity index (χ4v) is 4.19. The van der Waals surface area contributed by atoms with Crippen molar-refractivity contribution in [1.82, 2.24) is 10.2 Å². The summed E-state index contributed by atoms with van der Waals surface area (Å²) in [6.07, 6.45) is 2.27. The Labute approximate surface area is 157 Å². The average Bonchev–Trinajstić information content (AvgIpc) is 2.60. The van der Waals surface area contributed by atoms with Gasteiger partial charge in [-0.2, -0.15) is 0 Å². The summed E-state index contributed by atoms with van der Waals surface area (Å²) in [5.41, 5.74) is 2.65. The van der Waals surface area contributed by atoms with Gasteiger partial charge in [-0.05, 0) is 49.7 Å². The number of Topliss-reactive ketones (excluding diaryl/α,β-unsaturated/α-hetero) is 1. The van der Waals surface area contributed by atoms with Gasteiger partial charge < -0.3 is 19.7 Å². The first-order valence-corrected chi connectivity index (χ1v) is 9.06. The van der Waals surface area contributed by atoms with E-state index in [2.05, 4.69) is 5.32 Å². The zero-order chi connectivity index (χ0) is 18.1. The van der Waals surface area contributed by atoms with E-state index in [-0.39, 0.29) is 11.8 Å². The maximum atomic E-state index is 12.7. The highest BCUT2D eigenvalue weighted by Crippen LogP contribution is 2.42. The van der Waals surface area contributed by atoms with E-state index in [1.54, 1.807) is 20.3 Å². The van der Waals surface area contributed by atoms with Crippen molar-refractivity contribution in [3.05, 3.63) is 34.0 Å². The summed E-state index contributed by atoms with van der Waals surface area (Å²) in [5.74, 6) is 1.16. The van der Waals surface area contributed by atoms with E-state index in [0.717, 1.165) is 36.2 Å². The lowest BCUT2D eigenvalue weighted by Gasteiger charge is -2.40. The first-order chi connectivity index (χ1) is 12.0. The molecule has 1 heterocycles. The van der Waals surface area contributed by atoms with E-state index in [1.165, 1.54) is 0 Å². The lowest BCUT2D eigenvalue weighted by Crippen LogP contribution is -2.49. The van der Waals surface area contributed by atoms with Crippen molar-refractivity contribution in [2.75, 3.05) is 20.8 Å². The van der Waals surface area contributed by atoms with Gasteiger partial charge >= 0.3 is 0 Å². The van der Waals surface area contributed by atoms with Crippen LogP contribution < -0.4 is 14.8 Å². The van der Waals surface area contributed by atoms with Crippen LogP contribution >= 0.6 is 23.8 Å². The normalized spacial score (nSPS) is 20.3. The zero-order valence-electron chi connectivity index (χ0n) is 14.5. The third-order valence-corrected chi connectivity index (χ3v) is 5.28. The van der Waals surface area contributed by atoms with Gasteiger partial charge in [-0.1, -0.05) is 11.6 Å². The second-order valence-electron chi connectivity index (χ2n) is 6.00. The van der Waals surface area contributed by atoms with Crippen molar-refractivity contribution < 1.29 is 14.3 Å². The van der Waals surface area contributed by atoms with Gasteiger partial charge in [0.2, 0.25) is 0 Å². The van der Waals surface area contributed by atoms with Gasteiger partial charge in [0.05, 0.1) is 25.3 Å². The maximum Gasteiger partial charge on any atom is 0.179 e. The van der Waals surface area contributed by atoms with Crippen molar-refractivity contribution in [1.29, 1.82) is 0 Å². The number of ketones is 1. The Kier molecular flexibility index (Phi) is 5.20. The SMILES string of the molecule is CCN1C(=S)NC(c2cc(Cl)c(OC)c(OC)c2)C2=C1CCCC2=O. The number of thiocarbonyl (C=S) groups is 1. The summed E-state index contributed by atoms with van der Waals surface area (Å²) in [6, 6.07) is 3.33. The number of nitrogens with zero attached hydrogens (tertiary/aromatic N) is 1. The number of carbonyl (C=O) groups excluding carboxylic acids is 1. The Morgan fingerprint density at radius 2 is 2.08 bits per heavy atom. The van der Waals surface area contributed by atoms with Crippen LogP contribution in [0, 0.1) is 0 Å². The lowest BCUT2D eigenvalue weighted by atomic mass is 9.84. The Morgan fingerprint density at radius 1 is 1.32 bits per heavy atom. The number of methoxy groups -OCH3 is 2. The van der Waals surface area contributed by atoms with Crippen molar-refractivity contribution in [2.45, 2.75) is 32.2 Å². The molecule has 5 nitrogen and oxygen atoms in total. The second kappa shape index (κ2) is 7.22. The van der Waals surface area contributed by atoms with E-state index in [4.69, 9.17) is 33.3 Å². The molecule has 1 aliphatic heterocycles. The smallest absolute Gasteiger partial charge is 0.179 e. The third-order valence-electron chi connectivity index (χ3n) is 4.66. The van der Waals surface area contributed by atoms with E-state index < -0.39 is 0 Å². The quantitative estimate of drug-likeness (QED) is 0.805. The molecule has 0 saturated carbocycles. The molecule has 1 aliphatic carbocycles. The number of hydrogen-bond donors (Lipinski definition) is 1. The number of hydrogen-bond acceptors (Lipinski definition) is 4. The van der Waals surface area contributed by atoms with E-state index in [9.17, 15) is 4.79 Å². The Hall–Kier alpha value is -1.79. The van der Waals surface area contributed by atoms with Crippen LogP contribution in [0.2, 0.25) is 5.02 Å². The number of halogens is 1. The number of benzene rings is 1. The zero-order valence-corrected chi connectivity index (χ0v) is 16.1. The number of allylic oxidation sites excluding steroid dienone is 1. The van der Waals surface area contributed by atoms with E-state index in [1.807, 2.05) is 17.9 Å². The van der Waals surface area contributed by atoms with Crippen LogP contribution in [0.4, 0.5) is 0 Å². The molecular formula is C18H21ClN2O3S. The maximum absolute atomic E-state index is 12.7. The molecular weight excluding hydrogens is 360 g/mol. The molecule has 0 amide bonds. The molecule has 1 N–H and O–H groups in total. The molecule has 0 radical (unpaired) electrons. The van der Waals surface area contributed by atoms with Crippen LogP contribution in [0.5, 0.6) is 11.5 Å². The van der Waals surface area contributed by atoms with Gasteiger partial charge in [0.15, 0.2) is 22.4 Å². The minimum Gasteiger partial charge on any atom is -0.493 e. The fraction of sp³-hybridized carbons (Fsp3) is 0.444. The Balaban J connectivity index is 2.14. The summed E-state index contributed by atoms with van der Waals surface area (Å²) < 4.78 is 10.7. The summed E-state index contributed by atoms with van der Waals surface area (Å²) in [7, 11) is 3.11. The molecule has 1 aromatic carbocycles. The minimum atomic E-state index is -0.324. The third kappa shape index (κ3) is 3.09. The lowest BCUT2D eigenvalue weighted by molar-refractivity contribution is -0.116. The molecule has 0 aromatic heterocycles. The summed E-state index contributed by atoms with van der Waals surface area (Å²) in [5, 5.41) is 4.37. The van der Waals surface area contributed by atoms with Crippen molar-refractivity contribution in [2.24, 2.45) is 0 Å². The molecule has 3 rings (SSSR count). The van der Waals surface area contributed by atoms with Gasteiger partial charge in [-0.15, -0.1) is 0 Å². The van der Waals surface area contributed by atoms with Gasteiger partial charge in [0, 0.05) is 24.2 Å². The standard InChI is InChI=1S/C18H21ClN2O3S/c1-4-21-12-6-5-7-13(22)15(12)16(20-18(21)25)10-8-11(19)17(24-3)14(9-10)23-2/h8-9,16H,4-7H2,1-3H3,(H,20,25). The number of nitrogens with one attached hydrogen (secondary N) is 1. The number of rotatable bonds is 4. The molecule has 0 spiro atoms. The number of ether oxygens (including phenoxy) is 2. The molecule has 0 bridgehead atoms. The fourth-order valence-electron chi connectivity index (χ4n) is 3.54. The highest BCUT2D eigenvalue weighted by atomic mass is 35.5. The topological polar surface area (TPSA) is 50.8 Å². The molecule has 1 atom stereocenters.